The van der Waals surface area contributed by atoms with E-state index in [1.54, 1.807) is 7.11 Å². The fraction of sp³-hybridized carbons (Fsp3) is 0.714. The van der Waals surface area contributed by atoms with E-state index >= 15 is 0 Å². The maximum Gasteiger partial charge on any atom is 0.209 e. The summed E-state index contributed by atoms with van der Waals surface area (Å²) in [5.74, 6) is 0. The van der Waals surface area contributed by atoms with Crippen molar-refractivity contribution in [2.75, 3.05) is 7.11 Å². The van der Waals surface area contributed by atoms with E-state index in [1.807, 2.05) is 5.70 Å². The van der Waals surface area contributed by atoms with Crippen LogP contribution in [0.1, 0.15) is 14.9 Å². The maximum absolute atomic E-state index is 5.11. The van der Waals surface area contributed by atoms with E-state index in [-0.39, 0.29) is 14.9 Å². The monoisotopic (exact) mass is 148 g/mol. The van der Waals surface area contributed by atoms with Crippen LogP contribution in [0.25, 0.3) is 0 Å². The lowest BCUT2D eigenvalue weighted by Gasteiger charge is -2.12. The van der Waals surface area contributed by atoms with Crippen molar-refractivity contribution >= 4 is 8.32 Å². The Labute approximate surface area is 60.9 Å². The van der Waals surface area contributed by atoms with E-state index in [1.165, 1.54) is 0 Å². The Hall–Kier alpha value is -0.0831. The molecular formula is C7H20OSi. The van der Waals surface area contributed by atoms with Gasteiger partial charge in [-0.05, 0) is 13.1 Å². The Morgan fingerprint density at radius 1 is 1.33 bits per heavy atom. The molecule has 0 saturated carbocycles. The third-order valence-corrected chi connectivity index (χ3v) is 3.05. The first-order valence-corrected chi connectivity index (χ1v) is 5.29. The largest absolute Gasteiger partial charge is 0.417 e. The second-order valence-corrected chi connectivity index (χ2v) is 6.04. The lowest BCUT2D eigenvalue weighted by molar-refractivity contribution is 0.415. The molecule has 0 unspecified atom stereocenters. The number of hydrogen-bond acceptors (Lipinski definition) is 1. The van der Waals surface area contributed by atoms with E-state index in [0.29, 0.717) is 0 Å². The third-order valence-electron chi connectivity index (χ3n) is 1.02. The van der Waals surface area contributed by atoms with Crippen molar-refractivity contribution < 1.29 is 4.43 Å². The van der Waals surface area contributed by atoms with E-state index in [4.69, 9.17) is 4.43 Å². The maximum atomic E-state index is 5.11. The van der Waals surface area contributed by atoms with Crippen LogP contribution in [0.3, 0.4) is 0 Å². The molecule has 0 aliphatic heterocycles. The summed E-state index contributed by atoms with van der Waals surface area (Å²) in [4.78, 5) is 0. The summed E-state index contributed by atoms with van der Waals surface area (Å²) in [5, 5.41) is 0. The average Bonchev–Trinajstić information content (AvgIpc) is 1.68. The molecule has 0 heterocycles. The van der Waals surface area contributed by atoms with Crippen molar-refractivity contribution in [1.82, 2.24) is 0 Å². The van der Waals surface area contributed by atoms with Crippen LogP contribution in [0.15, 0.2) is 12.3 Å². The molecule has 2 heteroatoms. The topological polar surface area (TPSA) is 9.23 Å². The summed E-state index contributed by atoms with van der Waals surface area (Å²) in [5.41, 5.74) is 1.91. The molecule has 0 aliphatic rings. The second-order valence-electron chi connectivity index (χ2n) is 2.01. The number of hydrogen-bond donors (Lipinski definition) is 0. The highest BCUT2D eigenvalue weighted by Gasteiger charge is 2.13. The predicted molar refractivity (Wildman–Crippen MR) is 48.2 cm³/mol. The molecule has 58 valence electrons. The van der Waals surface area contributed by atoms with Crippen LogP contribution in [0, 0.1) is 0 Å². The first-order chi connectivity index (χ1) is 3.12. The zero-order valence-corrected chi connectivity index (χ0v) is 6.19. The van der Waals surface area contributed by atoms with Crippen LogP contribution < -0.4 is 0 Å². The minimum absolute atomic E-state index is 0. The molecule has 0 bridgehead atoms. The Morgan fingerprint density at radius 2 is 1.67 bits per heavy atom. The molecule has 0 aliphatic carbocycles. The van der Waals surface area contributed by atoms with Crippen molar-refractivity contribution in [3.8, 4) is 0 Å². The first-order valence-electron chi connectivity index (χ1n) is 2.31. The molecule has 0 N–H and O–H groups in total. The molecule has 0 saturated heterocycles. The molecule has 0 spiro atoms. The zero-order valence-electron chi connectivity index (χ0n) is 5.19. The summed E-state index contributed by atoms with van der Waals surface area (Å²) in [6, 6.07) is 0. The molecule has 0 aromatic rings. The van der Waals surface area contributed by atoms with Gasteiger partial charge in [-0.25, -0.2) is 0 Å². The molecule has 0 aromatic heterocycles. The van der Waals surface area contributed by atoms with Gasteiger partial charge in [-0.2, -0.15) is 0 Å². The van der Waals surface area contributed by atoms with Crippen molar-refractivity contribution in [3.05, 3.63) is 12.3 Å². The van der Waals surface area contributed by atoms with Gasteiger partial charge >= 0.3 is 0 Å². The summed E-state index contributed by atoms with van der Waals surface area (Å²) >= 11 is 0. The molecular weight excluding hydrogens is 128 g/mol. The highest BCUT2D eigenvalue weighted by molar-refractivity contribution is 6.76. The van der Waals surface area contributed by atoms with Crippen LogP contribution in [-0.2, 0) is 4.43 Å². The second kappa shape index (κ2) is 6.04. The lowest BCUT2D eigenvalue weighted by atomic mass is 11.3. The van der Waals surface area contributed by atoms with Gasteiger partial charge in [0.25, 0.3) is 0 Å². The van der Waals surface area contributed by atoms with Gasteiger partial charge in [0.2, 0.25) is 8.32 Å². The zero-order chi connectivity index (χ0) is 5.91. The minimum Gasteiger partial charge on any atom is -0.417 e. The van der Waals surface area contributed by atoms with Crippen molar-refractivity contribution in [3.63, 3.8) is 0 Å². The average molecular weight is 148 g/mol. The van der Waals surface area contributed by atoms with E-state index in [2.05, 4.69) is 19.7 Å². The Morgan fingerprint density at radius 3 is 1.67 bits per heavy atom. The highest BCUT2D eigenvalue weighted by atomic mass is 28.4. The van der Waals surface area contributed by atoms with Crippen LogP contribution in [-0.4, -0.2) is 15.4 Å². The predicted octanol–water partition coefficient (Wildman–Crippen LogP) is 2.84. The van der Waals surface area contributed by atoms with Crippen LogP contribution in [0.2, 0.25) is 13.1 Å². The Balaban J connectivity index is -0.000000180. The van der Waals surface area contributed by atoms with Crippen molar-refractivity contribution in [1.29, 1.82) is 0 Å². The fourth-order valence-electron chi connectivity index (χ4n) is 0.0833. The van der Waals surface area contributed by atoms with E-state index < -0.39 is 8.32 Å². The van der Waals surface area contributed by atoms with Gasteiger partial charge < -0.3 is 4.43 Å². The van der Waals surface area contributed by atoms with Crippen molar-refractivity contribution in [2.24, 2.45) is 0 Å². The van der Waals surface area contributed by atoms with Gasteiger partial charge in [0.15, 0.2) is 0 Å². The normalized spacial score (nSPS) is 8.78. The molecule has 0 rings (SSSR count). The fourth-order valence-corrected chi connectivity index (χ4v) is 0.250. The molecule has 9 heavy (non-hydrogen) atoms. The van der Waals surface area contributed by atoms with Crippen LogP contribution in [0.5, 0.6) is 0 Å². The Kier molecular flexibility index (Phi) is 10.7. The van der Waals surface area contributed by atoms with Gasteiger partial charge in [-0.3, -0.25) is 0 Å². The molecule has 0 amide bonds. The summed E-state index contributed by atoms with van der Waals surface area (Å²) in [6.07, 6.45) is 0. The van der Waals surface area contributed by atoms with Gasteiger partial charge in [0.05, 0.1) is 0 Å². The summed E-state index contributed by atoms with van der Waals surface area (Å²) < 4.78 is 5.11. The van der Waals surface area contributed by atoms with Crippen molar-refractivity contribution in [2.45, 2.75) is 27.9 Å². The quantitative estimate of drug-likeness (QED) is 0.547. The highest BCUT2D eigenvalue weighted by Crippen LogP contribution is 2.00. The standard InChI is InChI=1S/C5H12OSi.2CH4/c1-5-7(3,4)6-2;;/h5H,1H2,2-4H3;2*1H4. The lowest BCUT2D eigenvalue weighted by Crippen LogP contribution is -2.24. The molecule has 0 radical (unpaired) electrons. The number of rotatable bonds is 2. The van der Waals surface area contributed by atoms with Gasteiger partial charge in [0.1, 0.15) is 0 Å². The smallest absolute Gasteiger partial charge is 0.209 e. The molecule has 1 nitrogen and oxygen atoms in total. The third kappa shape index (κ3) is 7.92. The SMILES string of the molecule is C.C.C=C[Si](C)(C)OC. The summed E-state index contributed by atoms with van der Waals surface area (Å²) in [7, 11) is 0.343. The van der Waals surface area contributed by atoms with Gasteiger partial charge in [-0.15, -0.1) is 6.58 Å². The molecule has 0 fully saturated rings. The van der Waals surface area contributed by atoms with Gasteiger partial charge in [0, 0.05) is 7.11 Å². The molecule has 0 aromatic carbocycles. The van der Waals surface area contributed by atoms with E-state index in [0.717, 1.165) is 0 Å². The summed E-state index contributed by atoms with van der Waals surface area (Å²) in [6.45, 7) is 7.83. The van der Waals surface area contributed by atoms with Crippen LogP contribution in [0.4, 0.5) is 0 Å². The first kappa shape index (κ1) is 16.0. The van der Waals surface area contributed by atoms with E-state index in [9.17, 15) is 0 Å². The minimum atomic E-state index is -1.39. The molecule has 0 atom stereocenters. The Bertz CT molecular complexity index is 69.3. The van der Waals surface area contributed by atoms with Gasteiger partial charge in [-0.1, -0.05) is 20.6 Å². The van der Waals surface area contributed by atoms with Crippen LogP contribution >= 0.6 is 0 Å².